The first-order chi connectivity index (χ1) is 4.57. The van der Waals surface area contributed by atoms with Crippen LogP contribution in [0.5, 0.6) is 0 Å². The first kappa shape index (κ1) is 8.99. The number of hydrogen-bond acceptors (Lipinski definition) is 2. The molecule has 1 amide bonds. The van der Waals surface area contributed by atoms with Crippen molar-refractivity contribution in [3.63, 3.8) is 0 Å². The molecule has 0 radical (unpaired) electrons. The molecule has 0 aliphatic heterocycles. The third-order valence-corrected chi connectivity index (χ3v) is 1.18. The Balaban J connectivity index is 3.70. The van der Waals surface area contributed by atoms with Crippen LogP contribution in [0, 0.1) is 12.3 Å². The van der Waals surface area contributed by atoms with Crippen molar-refractivity contribution in [3.8, 4) is 12.3 Å². The fourth-order valence-corrected chi connectivity index (χ4v) is 0.505. The van der Waals surface area contributed by atoms with Gasteiger partial charge < -0.3 is 5.73 Å². The summed E-state index contributed by atoms with van der Waals surface area (Å²) in [6.45, 7) is 3.47. The number of primary amides is 1. The van der Waals surface area contributed by atoms with E-state index < -0.39 is 0 Å². The Bertz CT molecular complexity index is 159. The van der Waals surface area contributed by atoms with E-state index in [1.165, 1.54) is 0 Å². The molecule has 3 heteroatoms. The SMILES string of the molecule is C#CC(C)NC(C)C(N)=O. The van der Waals surface area contributed by atoms with Gasteiger partial charge in [-0.25, -0.2) is 0 Å². The Hall–Kier alpha value is -1.01. The summed E-state index contributed by atoms with van der Waals surface area (Å²) in [5.41, 5.74) is 4.97. The molecule has 10 heavy (non-hydrogen) atoms. The van der Waals surface area contributed by atoms with E-state index in [0.717, 1.165) is 0 Å². The largest absolute Gasteiger partial charge is 0.368 e. The highest BCUT2D eigenvalue weighted by Gasteiger charge is 2.08. The third-order valence-electron chi connectivity index (χ3n) is 1.18. The molecule has 0 saturated carbocycles. The van der Waals surface area contributed by atoms with E-state index in [1.807, 2.05) is 0 Å². The number of terminal acetylenes is 1. The first-order valence-electron chi connectivity index (χ1n) is 3.09. The van der Waals surface area contributed by atoms with Gasteiger partial charge in [0.25, 0.3) is 0 Å². The van der Waals surface area contributed by atoms with Gasteiger partial charge in [0.2, 0.25) is 5.91 Å². The molecule has 0 heterocycles. The van der Waals surface area contributed by atoms with Crippen LogP contribution in [-0.4, -0.2) is 18.0 Å². The molecular weight excluding hydrogens is 128 g/mol. The molecule has 0 aliphatic carbocycles. The summed E-state index contributed by atoms with van der Waals surface area (Å²) in [4.78, 5) is 10.4. The third kappa shape index (κ3) is 3.10. The highest BCUT2D eigenvalue weighted by molar-refractivity contribution is 5.79. The lowest BCUT2D eigenvalue weighted by molar-refractivity contribution is -0.119. The quantitative estimate of drug-likeness (QED) is 0.518. The summed E-state index contributed by atoms with van der Waals surface area (Å²) in [6.07, 6.45) is 5.06. The zero-order valence-corrected chi connectivity index (χ0v) is 6.22. The van der Waals surface area contributed by atoms with Gasteiger partial charge in [-0.05, 0) is 13.8 Å². The van der Waals surface area contributed by atoms with Crippen LogP contribution >= 0.6 is 0 Å². The summed E-state index contributed by atoms with van der Waals surface area (Å²) in [6, 6.07) is -0.464. The van der Waals surface area contributed by atoms with Gasteiger partial charge in [0.1, 0.15) is 0 Å². The van der Waals surface area contributed by atoms with Crippen LogP contribution in [0.4, 0.5) is 0 Å². The van der Waals surface area contributed by atoms with Gasteiger partial charge >= 0.3 is 0 Å². The summed E-state index contributed by atoms with van der Waals surface area (Å²) >= 11 is 0. The average Bonchev–Trinajstić information content (AvgIpc) is 1.87. The van der Waals surface area contributed by atoms with Crippen molar-refractivity contribution < 1.29 is 4.79 Å². The zero-order valence-electron chi connectivity index (χ0n) is 6.22. The molecule has 56 valence electrons. The first-order valence-corrected chi connectivity index (χ1v) is 3.09. The molecule has 3 N–H and O–H groups in total. The van der Waals surface area contributed by atoms with Crippen LogP contribution in [0.15, 0.2) is 0 Å². The van der Waals surface area contributed by atoms with Gasteiger partial charge in [-0.15, -0.1) is 6.42 Å². The monoisotopic (exact) mass is 140 g/mol. The van der Waals surface area contributed by atoms with E-state index in [1.54, 1.807) is 13.8 Å². The van der Waals surface area contributed by atoms with Crippen molar-refractivity contribution in [1.82, 2.24) is 5.32 Å². The molecule has 0 fully saturated rings. The van der Waals surface area contributed by atoms with E-state index in [0.29, 0.717) is 0 Å². The topological polar surface area (TPSA) is 55.1 Å². The van der Waals surface area contributed by atoms with Crippen LogP contribution in [-0.2, 0) is 4.79 Å². The number of nitrogens with one attached hydrogen (secondary N) is 1. The maximum atomic E-state index is 10.4. The van der Waals surface area contributed by atoms with Gasteiger partial charge in [-0.1, -0.05) is 5.92 Å². The fraction of sp³-hybridized carbons (Fsp3) is 0.571. The van der Waals surface area contributed by atoms with E-state index >= 15 is 0 Å². The van der Waals surface area contributed by atoms with E-state index in [4.69, 9.17) is 12.2 Å². The van der Waals surface area contributed by atoms with Gasteiger partial charge in [-0.3, -0.25) is 10.1 Å². The molecule has 2 atom stereocenters. The highest BCUT2D eigenvalue weighted by atomic mass is 16.1. The zero-order chi connectivity index (χ0) is 8.15. The Morgan fingerprint density at radius 2 is 2.20 bits per heavy atom. The van der Waals surface area contributed by atoms with Gasteiger partial charge in [0.15, 0.2) is 0 Å². The summed E-state index contributed by atoms with van der Waals surface area (Å²) in [5, 5.41) is 2.82. The Kier molecular flexibility index (Phi) is 3.52. The van der Waals surface area contributed by atoms with Crippen molar-refractivity contribution in [2.45, 2.75) is 25.9 Å². The van der Waals surface area contributed by atoms with E-state index in [2.05, 4.69) is 11.2 Å². The van der Waals surface area contributed by atoms with Crippen molar-refractivity contribution in [2.75, 3.05) is 0 Å². The van der Waals surface area contributed by atoms with Crippen LogP contribution in [0.2, 0.25) is 0 Å². The smallest absolute Gasteiger partial charge is 0.234 e. The summed E-state index contributed by atoms with van der Waals surface area (Å²) < 4.78 is 0. The van der Waals surface area contributed by atoms with Crippen molar-refractivity contribution in [2.24, 2.45) is 5.73 Å². The number of carbonyl (C=O) groups excluding carboxylic acids is 1. The lowest BCUT2D eigenvalue weighted by Gasteiger charge is -2.11. The Labute approximate surface area is 61.0 Å². The highest BCUT2D eigenvalue weighted by Crippen LogP contribution is 1.83. The second-order valence-electron chi connectivity index (χ2n) is 2.18. The van der Waals surface area contributed by atoms with Crippen LogP contribution in [0.3, 0.4) is 0 Å². The molecule has 3 nitrogen and oxygen atoms in total. The van der Waals surface area contributed by atoms with Gasteiger partial charge in [-0.2, -0.15) is 0 Å². The molecule has 0 spiro atoms. The minimum atomic E-state index is -0.387. The van der Waals surface area contributed by atoms with Crippen molar-refractivity contribution >= 4 is 5.91 Å². The van der Waals surface area contributed by atoms with Gasteiger partial charge in [0.05, 0.1) is 12.1 Å². The van der Waals surface area contributed by atoms with Crippen LogP contribution in [0.25, 0.3) is 0 Å². The van der Waals surface area contributed by atoms with Crippen molar-refractivity contribution in [1.29, 1.82) is 0 Å². The summed E-state index contributed by atoms with van der Waals surface area (Å²) in [7, 11) is 0. The predicted octanol–water partition coefficient (Wildman–Crippen LogP) is -0.528. The molecule has 0 aliphatic rings. The normalized spacial score (nSPS) is 15.3. The Morgan fingerprint density at radius 1 is 1.70 bits per heavy atom. The minimum absolute atomic E-state index is 0.109. The number of rotatable bonds is 3. The number of amides is 1. The van der Waals surface area contributed by atoms with Crippen LogP contribution < -0.4 is 11.1 Å². The number of hydrogen-bond donors (Lipinski definition) is 2. The predicted molar refractivity (Wildman–Crippen MR) is 40.1 cm³/mol. The average molecular weight is 140 g/mol. The standard InChI is InChI=1S/C7H12N2O/c1-4-5(2)9-6(3)7(8)10/h1,5-6,9H,2-3H3,(H2,8,10). The molecule has 0 rings (SSSR count). The number of carbonyl (C=O) groups is 1. The molecule has 2 unspecified atom stereocenters. The van der Waals surface area contributed by atoms with Gasteiger partial charge in [0, 0.05) is 0 Å². The fourth-order valence-electron chi connectivity index (χ4n) is 0.505. The molecule has 0 aromatic carbocycles. The molecule has 0 bridgehead atoms. The van der Waals surface area contributed by atoms with Crippen molar-refractivity contribution in [3.05, 3.63) is 0 Å². The second-order valence-corrected chi connectivity index (χ2v) is 2.18. The van der Waals surface area contributed by atoms with E-state index in [-0.39, 0.29) is 18.0 Å². The maximum Gasteiger partial charge on any atom is 0.234 e. The second kappa shape index (κ2) is 3.91. The minimum Gasteiger partial charge on any atom is -0.368 e. The maximum absolute atomic E-state index is 10.4. The Morgan fingerprint density at radius 3 is 2.50 bits per heavy atom. The number of nitrogens with two attached hydrogens (primary N) is 1. The summed E-state index contributed by atoms with van der Waals surface area (Å²) in [5.74, 6) is 2.04. The molecule has 0 saturated heterocycles. The molecular formula is C7H12N2O. The lowest BCUT2D eigenvalue weighted by Crippen LogP contribution is -2.42. The van der Waals surface area contributed by atoms with Crippen LogP contribution in [0.1, 0.15) is 13.8 Å². The molecule has 0 aromatic heterocycles. The lowest BCUT2D eigenvalue weighted by atomic mass is 10.2. The molecule has 0 aromatic rings. The van der Waals surface area contributed by atoms with E-state index in [9.17, 15) is 4.79 Å².